The van der Waals surface area contributed by atoms with Gasteiger partial charge in [-0.3, -0.25) is 9.59 Å². The molecule has 0 fully saturated rings. The number of ether oxygens (including phenoxy) is 1. The number of carbonyl (C=O) groups is 2. The molecule has 188 valence electrons. The van der Waals surface area contributed by atoms with Crippen molar-refractivity contribution < 1.29 is 14.3 Å². The minimum absolute atomic E-state index is 0.132. The highest BCUT2D eigenvalue weighted by Crippen LogP contribution is 2.42. The molecule has 3 aromatic rings. The lowest BCUT2D eigenvalue weighted by atomic mass is 9.86. The Morgan fingerprint density at radius 3 is 2.57 bits per heavy atom. The van der Waals surface area contributed by atoms with Gasteiger partial charge in [-0.1, -0.05) is 60.3 Å². The smallest absolute Gasteiger partial charge is 0.254 e. The lowest BCUT2D eigenvalue weighted by Crippen LogP contribution is -2.31. The second-order valence-corrected chi connectivity index (χ2v) is 10.1. The highest BCUT2D eigenvalue weighted by molar-refractivity contribution is 8.03. The van der Waals surface area contributed by atoms with Crippen LogP contribution in [0.4, 0.5) is 5.69 Å². The summed E-state index contributed by atoms with van der Waals surface area (Å²) in [5, 5.41) is 21.7. The highest BCUT2D eigenvalue weighted by Gasteiger charge is 2.35. The number of hydrogen-bond donors (Lipinski definition) is 3. The van der Waals surface area contributed by atoms with Crippen LogP contribution in [0.25, 0.3) is 0 Å². The first-order valence-corrected chi connectivity index (χ1v) is 13.4. The van der Waals surface area contributed by atoms with E-state index >= 15 is 0 Å². The highest BCUT2D eigenvalue weighted by atomic mass is 32.2. The van der Waals surface area contributed by atoms with Crippen LogP contribution in [0.3, 0.4) is 0 Å². The van der Waals surface area contributed by atoms with Gasteiger partial charge in [-0.25, -0.2) is 0 Å². The molecule has 0 unspecified atom stereocenters. The van der Waals surface area contributed by atoms with E-state index in [9.17, 15) is 14.9 Å². The minimum Gasteiger partial charge on any atom is -0.495 e. The molecule has 1 aliphatic heterocycles. The molecule has 7 nitrogen and oxygen atoms in total. The van der Waals surface area contributed by atoms with E-state index in [1.54, 1.807) is 19.2 Å². The van der Waals surface area contributed by atoms with Crippen molar-refractivity contribution in [1.29, 1.82) is 5.26 Å². The first-order chi connectivity index (χ1) is 18.0. The average Bonchev–Trinajstić information content (AvgIpc) is 3.46. The Kier molecular flexibility index (Phi) is 8.67. The zero-order valence-electron chi connectivity index (χ0n) is 20.4. The van der Waals surface area contributed by atoms with Crippen molar-refractivity contribution in [2.45, 2.75) is 19.4 Å². The number of hydrogen-bond acceptors (Lipinski definition) is 7. The van der Waals surface area contributed by atoms with E-state index in [0.29, 0.717) is 39.9 Å². The number of carbonyl (C=O) groups excluding carboxylic acids is 2. The third kappa shape index (κ3) is 6.23. The van der Waals surface area contributed by atoms with Gasteiger partial charge < -0.3 is 20.7 Å². The number of thiophene rings is 1. The second-order valence-electron chi connectivity index (χ2n) is 8.17. The van der Waals surface area contributed by atoms with Gasteiger partial charge in [0.15, 0.2) is 0 Å². The summed E-state index contributed by atoms with van der Waals surface area (Å²) >= 11 is 2.73. The Hall–Kier alpha value is -4.00. The molecule has 0 radical (unpaired) electrons. The van der Waals surface area contributed by atoms with Crippen LogP contribution >= 0.6 is 23.1 Å². The Morgan fingerprint density at radius 1 is 1.11 bits per heavy atom. The van der Waals surface area contributed by atoms with Crippen molar-refractivity contribution in [2.24, 2.45) is 0 Å². The quantitative estimate of drug-likeness (QED) is 0.354. The summed E-state index contributed by atoms with van der Waals surface area (Å²) in [6.07, 6.45) is 0. The third-order valence-corrected chi connectivity index (χ3v) is 7.71. The number of benzene rings is 2. The average molecular weight is 531 g/mol. The topological polar surface area (TPSA) is 103 Å². The fourth-order valence-electron chi connectivity index (χ4n) is 3.99. The number of nitrogens with one attached hydrogen (secondary N) is 3. The molecule has 0 saturated carbocycles. The SMILES string of the molecule is COc1ccccc1NC(=O)C1=C(C)NC(SCC(=O)NCc2ccccc2)=C(C#N)[C@@H]1c1cccs1. The molecule has 0 spiro atoms. The van der Waals surface area contributed by atoms with E-state index in [2.05, 4.69) is 22.0 Å². The van der Waals surface area contributed by atoms with Crippen LogP contribution in [-0.4, -0.2) is 24.7 Å². The number of amides is 2. The van der Waals surface area contributed by atoms with Crippen molar-refractivity contribution in [3.05, 3.63) is 104 Å². The van der Waals surface area contributed by atoms with Crippen molar-refractivity contribution in [3.63, 3.8) is 0 Å². The molecule has 2 heterocycles. The van der Waals surface area contributed by atoms with Gasteiger partial charge in [0.2, 0.25) is 5.91 Å². The van der Waals surface area contributed by atoms with Crippen molar-refractivity contribution in [1.82, 2.24) is 10.6 Å². The summed E-state index contributed by atoms with van der Waals surface area (Å²) in [5.74, 6) is -0.358. The van der Waals surface area contributed by atoms with E-state index in [0.717, 1.165) is 10.4 Å². The van der Waals surface area contributed by atoms with E-state index in [-0.39, 0.29) is 17.6 Å². The Labute approximate surface area is 224 Å². The normalized spacial score (nSPS) is 15.0. The van der Waals surface area contributed by atoms with E-state index in [4.69, 9.17) is 4.74 Å². The molecule has 9 heteroatoms. The fraction of sp³-hybridized carbons (Fsp3) is 0.179. The van der Waals surface area contributed by atoms with Gasteiger partial charge in [0.1, 0.15) is 5.75 Å². The molecule has 1 atom stereocenters. The van der Waals surface area contributed by atoms with Crippen molar-refractivity contribution in [2.75, 3.05) is 18.2 Å². The van der Waals surface area contributed by atoms with Crippen molar-refractivity contribution in [3.8, 4) is 11.8 Å². The van der Waals surface area contributed by atoms with Crippen LogP contribution in [0, 0.1) is 11.3 Å². The molecular formula is C28H26N4O3S2. The lowest BCUT2D eigenvalue weighted by molar-refractivity contribution is -0.118. The van der Waals surface area contributed by atoms with Crippen LogP contribution < -0.4 is 20.7 Å². The van der Waals surface area contributed by atoms with Crippen molar-refractivity contribution >= 4 is 40.6 Å². The number of allylic oxidation sites excluding steroid dienone is 2. The van der Waals surface area contributed by atoms with Crippen LogP contribution in [0.15, 0.2) is 94.0 Å². The maximum atomic E-state index is 13.5. The van der Waals surface area contributed by atoms with Gasteiger partial charge in [0.05, 0.1) is 41.1 Å². The second kappa shape index (κ2) is 12.3. The molecule has 3 N–H and O–H groups in total. The molecule has 2 amide bonds. The molecule has 4 rings (SSSR count). The molecule has 2 aromatic carbocycles. The first kappa shape index (κ1) is 26.1. The molecule has 1 aliphatic rings. The third-order valence-electron chi connectivity index (χ3n) is 5.76. The molecule has 1 aromatic heterocycles. The Morgan fingerprint density at radius 2 is 1.86 bits per heavy atom. The number of dihydropyridines is 1. The zero-order chi connectivity index (χ0) is 26.2. The zero-order valence-corrected chi connectivity index (χ0v) is 22.0. The number of nitrogens with zero attached hydrogens (tertiary/aromatic N) is 1. The first-order valence-electron chi connectivity index (χ1n) is 11.5. The summed E-state index contributed by atoms with van der Waals surface area (Å²) < 4.78 is 5.37. The van der Waals surface area contributed by atoms with Gasteiger partial charge in [0, 0.05) is 22.7 Å². The summed E-state index contributed by atoms with van der Waals surface area (Å²) in [6.45, 7) is 2.24. The molecule has 0 bridgehead atoms. The molecule has 0 saturated heterocycles. The van der Waals surface area contributed by atoms with Gasteiger partial charge >= 0.3 is 0 Å². The number of nitriles is 1. The molecular weight excluding hydrogens is 504 g/mol. The van der Waals surface area contributed by atoms with Crippen LogP contribution in [0.2, 0.25) is 0 Å². The van der Waals surface area contributed by atoms with Gasteiger partial charge in [0.25, 0.3) is 5.91 Å². The van der Waals surface area contributed by atoms with Gasteiger partial charge in [-0.15, -0.1) is 11.3 Å². The van der Waals surface area contributed by atoms with Crippen LogP contribution in [0.1, 0.15) is 23.3 Å². The minimum atomic E-state index is -0.559. The summed E-state index contributed by atoms with van der Waals surface area (Å²) in [5.41, 5.74) is 3.02. The Bertz CT molecular complexity index is 1380. The maximum absolute atomic E-state index is 13.5. The number of para-hydroxylation sites is 2. The van der Waals surface area contributed by atoms with Gasteiger partial charge in [-0.05, 0) is 36.1 Å². The number of methoxy groups -OCH3 is 1. The largest absolute Gasteiger partial charge is 0.495 e. The van der Waals surface area contributed by atoms with Crippen LogP contribution in [-0.2, 0) is 16.1 Å². The van der Waals surface area contributed by atoms with E-state index in [1.165, 1.54) is 23.1 Å². The summed E-state index contributed by atoms with van der Waals surface area (Å²) in [4.78, 5) is 26.9. The number of thioether (sulfide) groups is 1. The van der Waals surface area contributed by atoms with E-state index < -0.39 is 5.92 Å². The number of anilines is 1. The monoisotopic (exact) mass is 530 g/mol. The lowest BCUT2D eigenvalue weighted by Gasteiger charge is -2.29. The Balaban J connectivity index is 1.55. The molecule has 37 heavy (non-hydrogen) atoms. The van der Waals surface area contributed by atoms with Crippen LogP contribution in [0.5, 0.6) is 5.75 Å². The molecule has 0 aliphatic carbocycles. The maximum Gasteiger partial charge on any atom is 0.254 e. The predicted octanol–water partition coefficient (Wildman–Crippen LogP) is 5.14. The number of rotatable bonds is 9. The predicted molar refractivity (Wildman–Crippen MR) is 148 cm³/mol. The fourth-order valence-corrected chi connectivity index (χ4v) is 5.76. The van der Waals surface area contributed by atoms with Gasteiger partial charge in [-0.2, -0.15) is 5.26 Å². The summed E-state index contributed by atoms with van der Waals surface area (Å²) in [7, 11) is 1.54. The standard InChI is InChI=1S/C28H26N4O3S2/c1-18-25(27(34)32-21-11-6-7-12-22(21)35-2)26(23-13-8-14-36-23)20(15-29)28(31-18)37-17-24(33)30-16-19-9-4-3-5-10-19/h3-14,26,31H,16-17H2,1-2H3,(H,30,33)(H,32,34)/t26-/m1/s1. The van der Waals surface area contributed by atoms with E-state index in [1.807, 2.05) is 66.9 Å². The summed E-state index contributed by atoms with van der Waals surface area (Å²) in [6, 6.07) is 22.9.